The van der Waals surface area contributed by atoms with Gasteiger partial charge in [-0.3, -0.25) is 14.3 Å². The number of carbonyl (C=O) groups is 2. The fourth-order valence-corrected chi connectivity index (χ4v) is 5.02. The summed E-state index contributed by atoms with van der Waals surface area (Å²) in [7, 11) is -4.19. The number of phenols is 2. The summed E-state index contributed by atoms with van der Waals surface area (Å²) >= 11 is 0. The SMILES string of the molecule is O=C1c2ccccc2C(=O)c2c1cc(NS(=O)(=O)c1ccc(-c3ccccc3)cc1)c(O)c2O. The molecule has 0 heterocycles. The summed E-state index contributed by atoms with van der Waals surface area (Å²) in [5.41, 5.74) is 0.991. The maximum Gasteiger partial charge on any atom is 0.262 e. The Balaban J connectivity index is 1.52. The zero-order valence-electron chi connectivity index (χ0n) is 17.5. The third-order valence-corrected chi connectivity index (χ3v) is 7.06. The minimum absolute atomic E-state index is 0.0865. The Bertz CT molecular complexity index is 1580. The summed E-state index contributed by atoms with van der Waals surface area (Å²) in [6.07, 6.45) is 0. The van der Waals surface area contributed by atoms with E-state index in [0.29, 0.717) is 0 Å². The molecule has 0 radical (unpaired) electrons. The van der Waals surface area contributed by atoms with Crippen LogP contribution in [0.5, 0.6) is 11.5 Å². The minimum atomic E-state index is -4.19. The van der Waals surface area contributed by atoms with Crippen LogP contribution in [0.4, 0.5) is 5.69 Å². The minimum Gasteiger partial charge on any atom is -0.504 e. The van der Waals surface area contributed by atoms with Crippen molar-refractivity contribution in [2.45, 2.75) is 4.90 Å². The van der Waals surface area contributed by atoms with Gasteiger partial charge in [-0.1, -0.05) is 66.7 Å². The van der Waals surface area contributed by atoms with Crippen LogP contribution in [0.3, 0.4) is 0 Å². The number of aromatic hydroxyl groups is 2. The third kappa shape index (κ3) is 3.41. The van der Waals surface area contributed by atoms with Gasteiger partial charge in [0.2, 0.25) is 0 Å². The van der Waals surface area contributed by atoms with Crippen LogP contribution in [0, 0.1) is 0 Å². The molecule has 0 unspecified atom stereocenters. The summed E-state index contributed by atoms with van der Waals surface area (Å²) in [6, 6.07) is 22.7. The van der Waals surface area contributed by atoms with Crippen molar-refractivity contribution in [3.8, 4) is 22.6 Å². The van der Waals surface area contributed by atoms with E-state index in [1.54, 1.807) is 24.3 Å². The van der Waals surface area contributed by atoms with Crippen molar-refractivity contribution in [1.29, 1.82) is 0 Å². The number of carbonyl (C=O) groups excluding carboxylic acids is 2. The zero-order valence-corrected chi connectivity index (χ0v) is 18.3. The maximum absolute atomic E-state index is 13.0. The topological polar surface area (TPSA) is 121 Å². The van der Waals surface area contributed by atoms with Gasteiger partial charge >= 0.3 is 0 Å². The first-order chi connectivity index (χ1) is 16.3. The van der Waals surface area contributed by atoms with Crippen LogP contribution < -0.4 is 4.72 Å². The molecular formula is C26H17NO6S. The van der Waals surface area contributed by atoms with Crippen LogP contribution in [-0.2, 0) is 10.0 Å². The molecule has 3 N–H and O–H groups in total. The van der Waals surface area contributed by atoms with Gasteiger partial charge in [-0.2, -0.15) is 0 Å². The summed E-state index contributed by atoms with van der Waals surface area (Å²) in [6.45, 7) is 0. The first-order valence-electron chi connectivity index (χ1n) is 10.2. The molecule has 1 aliphatic rings. The van der Waals surface area contributed by atoms with E-state index >= 15 is 0 Å². The van der Waals surface area contributed by atoms with Gasteiger partial charge < -0.3 is 10.2 Å². The molecule has 0 fully saturated rings. The summed E-state index contributed by atoms with van der Waals surface area (Å²) in [5.74, 6) is -2.90. The molecule has 0 aliphatic heterocycles. The number of hydrogen-bond donors (Lipinski definition) is 3. The Morgan fingerprint density at radius 2 is 1.18 bits per heavy atom. The van der Waals surface area contributed by atoms with Crippen molar-refractivity contribution < 1.29 is 28.2 Å². The van der Waals surface area contributed by atoms with Crippen LogP contribution in [0.1, 0.15) is 31.8 Å². The average Bonchev–Trinajstić information content (AvgIpc) is 2.86. The summed E-state index contributed by atoms with van der Waals surface area (Å²) in [5, 5.41) is 21.0. The van der Waals surface area contributed by atoms with Gasteiger partial charge in [0.1, 0.15) is 0 Å². The first kappa shape index (κ1) is 21.4. The Labute approximate surface area is 195 Å². The largest absolute Gasteiger partial charge is 0.504 e. The van der Waals surface area contributed by atoms with Crippen molar-refractivity contribution in [2.75, 3.05) is 4.72 Å². The number of ketones is 2. The monoisotopic (exact) mass is 471 g/mol. The lowest BCUT2D eigenvalue weighted by Gasteiger charge is -2.20. The average molecular weight is 471 g/mol. The van der Waals surface area contributed by atoms with E-state index in [-0.39, 0.29) is 27.1 Å². The highest BCUT2D eigenvalue weighted by Crippen LogP contribution is 2.43. The number of rotatable bonds is 4. The van der Waals surface area contributed by atoms with E-state index in [9.17, 15) is 28.2 Å². The highest BCUT2D eigenvalue weighted by atomic mass is 32.2. The van der Waals surface area contributed by atoms with Gasteiger partial charge in [0.15, 0.2) is 23.1 Å². The number of anilines is 1. The molecule has 168 valence electrons. The highest BCUT2D eigenvalue weighted by Gasteiger charge is 2.35. The predicted octanol–water partition coefficient (Wildman–Crippen LogP) is 4.34. The second kappa shape index (κ2) is 7.86. The van der Waals surface area contributed by atoms with E-state index in [4.69, 9.17) is 0 Å². The van der Waals surface area contributed by atoms with Gasteiger partial charge in [-0.25, -0.2) is 8.42 Å². The quantitative estimate of drug-likeness (QED) is 0.335. The second-order valence-corrected chi connectivity index (χ2v) is 9.43. The van der Waals surface area contributed by atoms with Crippen LogP contribution >= 0.6 is 0 Å². The van der Waals surface area contributed by atoms with Crippen molar-refractivity contribution in [3.05, 3.63) is 107 Å². The lowest BCUT2D eigenvalue weighted by atomic mass is 9.83. The molecule has 8 heteroatoms. The molecule has 0 atom stereocenters. The molecule has 34 heavy (non-hydrogen) atoms. The van der Waals surface area contributed by atoms with Crippen LogP contribution in [0.2, 0.25) is 0 Å². The number of fused-ring (bicyclic) bond motifs is 2. The number of phenolic OH excluding ortho intramolecular Hbond substituents is 2. The Kier molecular flexibility index (Phi) is 4.95. The molecule has 0 saturated heterocycles. The van der Waals surface area contributed by atoms with Gasteiger partial charge in [0, 0.05) is 16.7 Å². The molecule has 0 bridgehead atoms. The molecule has 1 aliphatic carbocycles. The smallest absolute Gasteiger partial charge is 0.262 e. The molecule has 0 saturated carbocycles. The maximum atomic E-state index is 13.0. The van der Waals surface area contributed by atoms with Crippen LogP contribution in [-0.4, -0.2) is 30.2 Å². The van der Waals surface area contributed by atoms with E-state index < -0.39 is 38.8 Å². The van der Waals surface area contributed by atoms with E-state index in [1.165, 1.54) is 24.3 Å². The Morgan fingerprint density at radius 3 is 1.82 bits per heavy atom. The molecule has 4 aromatic rings. The molecular weight excluding hydrogens is 454 g/mol. The number of sulfonamides is 1. The van der Waals surface area contributed by atoms with Crippen molar-refractivity contribution in [3.63, 3.8) is 0 Å². The van der Waals surface area contributed by atoms with Gasteiger partial charge in [-0.05, 0) is 29.3 Å². The fourth-order valence-electron chi connectivity index (χ4n) is 3.96. The third-order valence-electron chi connectivity index (χ3n) is 5.68. The van der Waals surface area contributed by atoms with E-state index in [1.807, 2.05) is 30.3 Å². The molecule has 7 nitrogen and oxygen atoms in total. The van der Waals surface area contributed by atoms with Crippen LogP contribution in [0.25, 0.3) is 11.1 Å². The van der Waals surface area contributed by atoms with E-state index in [2.05, 4.69) is 4.72 Å². The van der Waals surface area contributed by atoms with Crippen molar-refractivity contribution in [1.82, 2.24) is 0 Å². The molecule has 5 rings (SSSR count). The highest BCUT2D eigenvalue weighted by molar-refractivity contribution is 7.92. The van der Waals surface area contributed by atoms with Gasteiger partial charge in [-0.15, -0.1) is 0 Å². The lowest BCUT2D eigenvalue weighted by molar-refractivity contribution is 0.0976. The summed E-state index contributed by atoms with van der Waals surface area (Å²) < 4.78 is 28.2. The van der Waals surface area contributed by atoms with Crippen LogP contribution in [0.15, 0.2) is 89.8 Å². The zero-order chi connectivity index (χ0) is 24.0. The Morgan fingerprint density at radius 1 is 0.618 bits per heavy atom. The summed E-state index contributed by atoms with van der Waals surface area (Å²) in [4.78, 5) is 25.7. The number of hydrogen-bond acceptors (Lipinski definition) is 6. The lowest BCUT2D eigenvalue weighted by Crippen LogP contribution is -2.22. The number of benzene rings is 4. The van der Waals surface area contributed by atoms with Gasteiger partial charge in [0.05, 0.1) is 16.1 Å². The fraction of sp³-hybridized carbons (Fsp3) is 0. The van der Waals surface area contributed by atoms with Crippen molar-refractivity contribution in [2.24, 2.45) is 0 Å². The molecule has 0 spiro atoms. The molecule has 0 amide bonds. The van der Waals surface area contributed by atoms with Crippen molar-refractivity contribution >= 4 is 27.3 Å². The number of nitrogens with one attached hydrogen (secondary N) is 1. The Hall–Kier alpha value is -4.43. The second-order valence-electron chi connectivity index (χ2n) is 7.74. The standard InChI is InChI=1S/C26H17NO6S/c28-23-18-8-4-5-9-19(18)24(29)22-20(23)14-21(25(30)26(22)31)27-34(32,33)17-12-10-16(11-13-17)15-6-2-1-3-7-15/h1-14,27,30-31H. The van der Waals surface area contributed by atoms with Gasteiger partial charge in [0.25, 0.3) is 10.0 Å². The predicted molar refractivity (Wildman–Crippen MR) is 126 cm³/mol. The molecule has 0 aromatic heterocycles. The first-order valence-corrected chi connectivity index (χ1v) is 11.7. The normalized spacial score (nSPS) is 12.7. The molecule has 4 aromatic carbocycles. The van der Waals surface area contributed by atoms with E-state index in [0.717, 1.165) is 17.2 Å².